The molecular formula is C30H21IS. The van der Waals surface area contributed by atoms with Crippen LogP contribution in [0.15, 0.2) is 103 Å². The van der Waals surface area contributed by atoms with Gasteiger partial charge in [0.2, 0.25) is 0 Å². The Hall–Kier alpha value is -2.69. The van der Waals surface area contributed by atoms with Gasteiger partial charge < -0.3 is 0 Å². The molecule has 32 heavy (non-hydrogen) atoms. The fourth-order valence-electron chi connectivity index (χ4n) is 4.85. The van der Waals surface area contributed by atoms with Gasteiger partial charge in [-0.1, -0.05) is 103 Å². The lowest BCUT2D eigenvalue weighted by molar-refractivity contribution is 0.990. The van der Waals surface area contributed by atoms with Gasteiger partial charge >= 0.3 is 0 Å². The van der Waals surface area contributed by atoms with E-state index in [9.17, 15) is 0 Å². The molecule has 0 amide bonds. The van der Waals surface area contributed by atoms with Gasteiger partial charge in [0, 0.05) is 24.6 Å². The van der Waals surface area contributed by atoms with Crippen molar-refractivity contribution in [1.82, 2.24) is 0 Å². The van der Waals surface area contributed by atoms with E-state index >= 15 is 0 Å². The highest BCUT2D eigenvalue weighted by Gasteiger charge is 2.32. The summed E-state index contributed by atoms with van der Waals surface area (Å²) in [5.41, 5.74) is 9.44. The van der Waals surface area contributed by atoms with Crippen molar-refractivity contribution in [3.63, 3.8) is 0 Å². The van der Waals surface area contributed by atoms with Crippen LogP contribution in [0.3, 0.4) is 0 Å². The highest BCUT2D eigenvalue weighted by atomic mass is 127. The lowest BCUT2D eigenvalue weighted by Crippen LogP contribution is -2.05. The minimum absolute atomic E-state index is 0.200. The molecule has 0 saturated heterocycles. The number of aryl methyl sites for hydroxylation is 1. The third-order valence-electron chi connectivity index (χ3n) is 6.35. The molecule has 0 aliphatic heterocycles. The molecule has 2 heteroatoms. The number of rotatable bonds is 2. The summed E-state index contributed by atoms with van der Waals surface area (Å²) < 4.78 is 2.68. The third kappa shape index (κ3) is 3.16. The largest absolute Gasteiger partial charge is 0.135 e. The van der Waals surface area contributed by atoms with Gasteiger partial charge in [-0.2, -0.15) is 0 Å². The molecule has 1 unspecified atom stereocenters. The standard InChI is InChI=1S/C30H21IS/c1-19-15-17-21(18-16-19)27-29(31)23-12-6-5-11-22(23)26(20-9-3-2-4-10-20)28-24-13-7-8-14-25(24)32-30(27)28/h2-18,26H,1H3. The Morgan fingerprint density at radius 1 is 0.719 bits per heavy atom. The zero-order valence-corrected chi connectivity index (χ0v) is 20.7. The van der Waals surface area contributed by atoms with Crippen molar-refractivity contribution in [1.29, 1.82) is 0 Å². The summed E-state index contributed by atoms with van der Waals surface area (Å²) in [6, 6.07) is 37.9. The van der Waals surface area contributed by atoms with Crippen molar-refractivity contribution < 1.29 is 0 Å². The molecule has 0 bridgehead atoms. The maximum atomic E-state index is 2.58. The molecule has 1 atom stereocenters. The first kappa shape index (κ1) is 20.0. The maximum Gasteiger partial charge on any atom is 0.0413 e. The molecular weight excluding hydrogens is 519 g/mol. The summed E-state index contributed by atoms with van der Waals surface area (Å²) >= 11 is 4.51. The van der Waals surface area contributed by atoms with E-state index in [-0.39, 0.29) is 5.92 Å². The topological polar surface area (TPSA) is 0 Å². The summed E-state index contributed by atoms with van der Waals surface area (Å²) in [5, 5.41) is 1.37. The summed E-state index contributed by atoms with van der Waals surface area (Å²) in [4.78, 5) is 1.39. The number of benzene rings is 4. The van der Waals surface area contributed by atoms with E-state index in [0.717, 1.165) is 0 Å². The fraction of sp³-hybridized carbons (Fsp3) is 0.0667. The maximum absolute atomic E-state index is 2.58. The van der Waals surface area contributed by atoms with Crippen molar-refractivity contribution in [2.45, 2.75) is 12.8 Å². The Bertz CT molecular complexity index is 1470. The molecule has 0 fully saturated rings. The van der Waals surface area contributed by atoms with Crippen LogP contribution in [0.25, 0.3) is 19.2 Å². The number of halogens is 1. The fourth-order valence-corrected chi connectivity index (χ4v) is 7.42. The molecule has 6 rings (SSSR count). The van der Waals surface area contributed by atoms with Crippen LogP contribution < -0.4 is 0 Å². The number of hydrogen-bond donors (Lipinski definition) is 0. The quantitative estimate of drug-likeness (QED) is 0.196. The van der Waals surface area contributed by atoms with Gasteiger partial charge in [-0.05, 0) is 68.8 Å². The predicted octanol–water partition coefficient (Wildman–Crippen LogP) is 9.05. The Labute approximate surface area is 206 Å². The molecule has 154 valence electrons. The van der Waals surface area contributed by atoms with Crippen molar-refractivity contribution in [3.8, 4) is 0 Å². The molecule has 1 aliphatic carbocycles. The van der Waals surface area contributed by atoms with E-state index in [4.69, 9.17) is 0 Å². The van der Waals surface area contributed by atoms with Gasteiger partial charge in [0.25, 0.3) is 0 Å². The van der Waals surface area contributed by atoms with Crippen LogP contribution in [0, 0.1) is 6.92 Å². The third-order valence-corrected chi connectivity index (χ3v) is 8.68. The monoisotopic (exact) mass is 540 g/mol. The second-order valence-corrected chi connectivity index (χ2v) is 10.5. The smallest absolute Gasteiger partial charge is 0.0413 e. The summed E-state index contributed by atoms with van der Waals surface area (Å²) in [5.74, 6) is 0.200. The van der Waals surface area contributed by atoms with E-state index in [0.29, 0.717) is 0 Å². The highest BCUT2D eigenvalue weighted by Crippen LogP contribution is 2.53. The zero-order valence-electron chi connectivity index (χ0n) is 17.7. The van der Waals surface area contributed by atoms with Gasteiger partial charge in [-0.25, -0.2) is 0 Å². The van der Waals surface area contributed by atoms with Crippen molar-refractivity contribution in [2.75, 3.05) is 0 Å². The Morgan fingerprint density at radius 3 is 2.22 bits per heavy atom. The minimum atomic E-state index is 0.200. The Kier molecular flexibility index (Phi) is 5.00. The van der Waals surface area contributed by atoms with E-state index in [1.165, 1.54) is 57.5 Å². The van der Waals surface area contributed by atoms with Crippen LogP contribution in [-0.2, 0) is 0 Å². The average molecular weight is 540 g/mol. The molecule has 1 aromatic heterocycles. The molecule has 0 nitrogen and oxygen atoms in total. The minimum Gasteiger partial charge on any atom is -0.135 e. The van der Waals surface area contributed by atoms with Crippen molar-refractivity contribution in [3.05, 3.63) is 141 Å². The van der Waals surface area contributed by atoms with Crippen LogP contribution in [0.5, 0.6) is 0 Å². The summed E-state index contributed by atoms with van der Waals surface area (Å²) in [7, 11) is 0. The first-order valence-electron chi connectivity index (χ1n) is 10.9. The van der Waals surface area contributed by atoms with Gasteiger partial charge in [0.15, 0.2) is 0 Å². The first-order valence-corrected chi connectivity index (χ1v) is 12.7. The Balaban J connectivity index is 1.78. The molecule has 5 aromatic rings. The van der Waals surface area contributed by atoms with E-state index in [1.54, 1.807) is 0 Å². The summed E-state index contributed by atoms with van der Waals surface area (Å²) in [6.07, 6.45) is 0. The number of thiophene rings is 1. The van der Waals surface area contributed by atoms with Gasteiger partial charge in [-0.15, -0.1) is 11.3 Å². The van der Waals surface area contributed by atoms with E-state index < -0.39 is 0 Å². The number of hydrogen-bond acceptors (Lipinski definition) is 1. The summed E-state index contributed by atoms with van der Waals surface area (Å²) in [6.45, 7) is 2.15. The average Bonchev–Trinajstić information content (AvgIpc) is 3.16. The van der Waals surface area contributed by atoms with E-state index in [1.807, 2.05) is 11.3 Å². The van der Waals surface area contributed by atoms with Crippen molar-refractivity contribution in [2.24, 2.45) is 0 Å². The first-order chi connectivity index (χ1) is 15.7. The number of fused-ring (bicyclic) bond motifs is 4. The van der Waals surface area contributed by atoms with Crippen LogP contribution >= 0.6 is 33.9 Å². The van der Waals surface area contributed by atoms with E-state index in [2.05, 4.69) is 133 Å². The molecule has 4 aromatic carbocycles. The molecule has 0 radical (unpaired) electrons. The van der Waals surface area contributed by atoms with Crippen LogP contribution in [0.1, 0.15) is 44.2 Å². The molecule has 0 saturated carbocycles. The second kappa shape index (κ2) is 8.02. The normalized spacial score (nSPS) is 15.4. The van der Waals surface area contributed by atoms with Gasteiger partial charge in [0.05, 0.1) is 0 Å². The molecule has 0 spiro atoms. The zero-order chi connectivity index (χ0) is 21.7. The molecule has 1 aliphatic rings. The van der Waals surface area contributed by atoms with Crippen LogP contribution in [0.2, 0.25) is 0 Å². The van der Waals surface area contributed by atoms with Crippen molar-refractivity contribution >= 4 is 53.2 Å². The van der Waals surface area contributed by atoms with Gasteiger partial charge in [-0.3, -0.25) is 0 Å². The predicted molar refractivity (Wildman–Crippen MR) is 147 cm³/mol. The highest BCUT2D eigenvalue weighted by molar-refractivity contribution is 14.1. The Morgan fingerprint density at radius 2 is 1.41 bits per heavy atom. The SMILES string of the molecule is Cc1ccc(C2=C(I)c3ccccc3C(c3ccccc3)c3c2sc2ccccc32)cc1. The van der Waals surface area contributed by atoms with Crippen LogP contribution in [0.4, 0.5) is 0 Å². The molecule has 0 N–H and O–H groups in total. The molecule has 1 heterocycles. The second-order valence-electron chi connectivity index (χ2n) is 8.33. The van der Waals surface area contributed by atoms with Crippen LogP contribution in [-0.4, -0.2) is 0 Å². The van der Waals surface area contributed by atoms with Gasteiger partial charge in [0.1, 0.15) is 0 Å². The lowest BCUT2D eigenvalue weighted by Gasteiger charge is -2.20. The lowest BCUT2D eigenvalue weighted by atomic mass is 9.82.